The molecule has 7 heteroatoms. The molecule has 0 bridgehead atoms. The van der Waals surface area contributed by atoms with Gasteiger partial charge in [0.05, 0.1) is 12.1 Å². The second kappa shape index (κ2) is 7.88. The number of hydrogen-bond acceptors (Lipinski definition) is 3. The Morgan fingerprint density at radius 3 is 2.62 bits per heavy atom. The molecule has 126 valence electrons. The molecule has 2 rings (SSSR count). The highest BCUT2D eigenvalue weighted by atomic mass is 35.5. The van der Waals surface area contributed by atoms with E-state index in [4.69, 9.17) is 16.3 Å². The maximum atomic E-state index is 13.5. The summed E-state index contributed by atoms with van der Waals surface area (Å²) in [7, 11) is 0. The molecule has 0 fully saturated rings. The van der Waals surface area contributed by atoms with Gasteiger partial charge < -0.3 is 10.1 Å². The Kier molecular flexibility index (Phi) is 5.87. The number of benzene rings is 2. The van der Waals surface area contributed by atoms with Gasteiger partial charge in [-0.3, -0.25) is 9.59 Å². The van der Waals surface area contributed by atoms with Crippen LogP contribution >= 0.6 is 11.6 Å². The first kappa shape index (κ1) is 17.9. The van der Waals surface area contributed by atoms with Crippen LogP contribution in [0.2, 0.25) is 5.02 Å². The van der Waals surface area contributed by atoms with Gasteiger partial charge in [0.15, 0.2) is 6.10 Å². The Bertz CT molecular complexity index is 767. The molecular weight excluding hydrogens is 340 g/mol. The molecule has 0 heterocycles. The van der Waals surface area contributed by atoms with Crippen molar-refractivity contribution in [2.45, 2.75) is 19.4 Å². The van der Waals surface area contributed by atoms with Crippen LogP contribution in [0.4, 0.5) is 14.5 Å². The minimum Gasteiger partial charge on any atom is -0.452 e. The number of amides is 1. The van der Waals surface area contributed by atoms with Crippen molar-refractivity contribution in [2.24, 2.45) is 0 Å². The Morgan fingerprint density at radius 2 is 1.92 bits per heavy atom. The Morgan fingerprint density at radius 1 is 1.21 bits per heavy atom. The van der Waals surface area contributed by atoms with Crippen LogP contribution in [0.15, 0.2) is 42.5 Å². The van der Waals surface area contributed by atoms with Gasteiger partial charge in [-0.05, 0) is 30.7 Å². The topological polar surface area (TPSA) is 55.4 Å². The normalized spacial score (nSPS) is 11.7. The molecule has 1 amide bonds. The van der Waals surface area contributed by atoms with E-state index in [1.165, 1.54) is 6.92 Å². The molecule has 2 aromatic carbocycles. The quantitative estimate of drug-likeness (QED) is 0.833. The maximum Gasteiger partial charge on any atom is 0.311 e. The molecule has 4 nitrogen and oxygen atoms in total. The van der Waals surface area contributed by atoms with E-state index < -0.39 is 29.6 Å². The van der Waals surface area contributed by atoms with Crippen LogP contribution in [-0.4, -0.2) is 18.0 Å². The summed E-state index contributed by atoms with van der Waals surface area (Å²) in [6.07, 6.45) is -1.28. The first-order valence-corrected chi connectivity index (χ1v) is 7.43. The number of halogens is 3. The molecule has 0 spiro atoms. The fraction of sp³-hybridized carbons (Fsp3) is 0.176. The Labute approximate surface area is 142 Å². The molecule has 0 aliphatic carbocycles. The highest BCUT2D eigenvalue weighted by molar-refractivity contribution is 6.31. The summed E-state index contributed by atoms with van der Waals surface area (Å²) in [6, 6.07) is 9.39. The van der Waals surface area contributed by atoms with E-state index >= 15 is 0 Å². The third kappa shape index (κ3) is 4.76. The maximum absolute atomic E-state index is 13.5. The van der Waals surface area contributed by atoms with E-state index in [0.29, 0.717) is 10.6 Å². The van der Waals surface area contributed by atoms with Gasteiger partial charge in [-0.15, -0.1) is 0 Å². The first-order valence-electron chi connectivity index (χ1n) is 7.05. The summed E-state index contributed by atoms with van der Waals surface area (Å²) < 4.78 is 31.5. The van der Waals surface area contributed by atoms with Crippen LogP contribution in [0.3, 0.4) is 0 Å². The number of ether oxygens (including phenoxy) is 1. The van der Waals surface area contributed by atoms with Crippen molar-refractivity contribution in [1.82, 2.24) is 0 Å². The van der Waals surface area contributed by atoms with E-state index in [1.807, 2.05) is 0 Å². The summed E-state index contributed by atoms with van der Waals surface area (Å²) in [5.74, 6) is -2.92. The lowest BCUT2D eigenvalue weighted by atomic mass is 10.1. The number of carbonyl (C=O) groups excluding carboxylic acids is 2. The predicted octanol–water partition coefficient (Wildman–Crippen LogP) is 3.73. The highest BCUT2D eigenvalue weighted by Gasteiger charge is 2.20. The molecule has 1 N–H and O–H groups in total. The summed E-state index contributed by atoms with van der Waals surface area (Å²) in [5, 5.41) is 2.58. The molecular formula is C17H14ClF2NO3. The van der Waals surface area contributed by atoms with Crippen LogP contribution in [0.5, 0.6) is 0 Å². The fourth-order valence-corrected chi connectivity index (χ4v) is 2.12. The molecule has 0 aliphatic rings. The average Bonchev–Trinajstić information content (AvgIpc) is 2.53. The van der Waals surface area contributed by atoms with E-state index in [-0.39, 0.29) is 12.1 Å². The third-order valence-corrected chi connectivity index (χ3v) is 3.53. The summed E-state index contributed by atoms with van der Waals surface area (Å²) >= 11 is 5.94. The zero-order valence-electron chi connectivity index (χ0n) is 12.7. The molecule has 24 heavy (non-hydrogen) atoms. The monoisotopic (exact) mass is 353 g/mol. The van der Waals surface area contributed by atoms with Crippen molar-refractivity contribution < 1.29 is 23.1 Å². The van der Waals surface area contributed by atoms with Gasteiger partial charge in [-0.2, -0.15) is 0 Å². The number of hydrogen-bond donors (Lipinski definition) is 1. The molecule has 0 unspecified atom stereocenters. The number of nitrogens with one attached hydrogen (secondary N) is 1. The summed E-state index contributed by atoms with van der Waals surface area (Å²) in [6.45, 7) is 1.33. The lowest BCUT2D eigenvalue weighted by molar-refractivity contribution is -0.152. The molecule has 0 aliphatic heterocycles. The van der Waals surface area contributed by atoms with Gasteiger partial charge in [0.2, 0.25) is 0 Å². The van der Waals surface area contributed by atoms with Crippen LogP contribution < -0.4 is 5.32 Å². The zero-order valence-corrected chi connectivity index (χ0v) is 13.4. The van der Waals surface area contributed by atoms with E-state index in [2.05, 4.69) is 5.32 Å². The van der Waals surface area contributed by atoms with Gasteiger partial charge in [-0.1, -0.05) is 29.8 Å². The standard InChI is InChI=1S/C17H14ClF2NO3/c1-10(17(23)21-15-9-12(19)6-7-14(15)20)24-16(22)8-11-4-2-3-5-13(11)18/h2-7,9-10H,8H2,1H3,(H,21,23)/t10-/m0/s1. The fourth-order valence-electron chi connectivity index (χ4n) is 1.92. The van der Waals surface area contributed by atoms with Gasteiger partial charge in [0.1, 0.15) is 11.6 Å². The third-order valence-electron chi connectivity index (χ3n) is 3.16. The Balaban J connectivity index is 1.95. The van der Waals surface area contributed by atoms with Crippen LogP contribution in [0, 0.1) is 11.6 Å². The van der Waals surface area contributed by atoms with Gasteiger partial charge in [0.25, 0.3) is 5.91 Å². The largest absolute Gasteiger partial charge is 0.452 e. The van der Waals surface area contributed by atoms with Crippen molar-refractivity contribution in [3.63, 3.8) is 0 Å². The predicted molar refractivity (Wildman–Crippen MR) is 85.7 cm³/mol. The van der Waals surface area contributed by atoms with E-state index in [0.717, 1.165) is 18.2 Å². The highest BCUT2D eigenvalue weighted by Crippen LogP contribution is 2.17. The molecule has 0 saturated carbocycles. The van der Waals surface area contributed by atoms with Crippen LogP contribution in [0.1, 0.15) is 12.5 Å². The van der Waals surface area contributed by atoms with E-state index in [1.54, 1.807) is 24.3 Å². The summed E-state index contributed by atoms with van der Waals surface area (Å²) in [5.41, 5.74) is 0.238. The second-order valence-electron chi connectivity index (χ2n) is 5.01. The number of esters is 1. The molecule has 0 aromatic heterocycles. The second-order valence-corrected chi connectivity index (χ2v) is 5.42. The lowest BCUT2D eigenvalue weighted by Crippen LogP contribution is -2.30. The first-order chi connectivity index (χ1) is 11.4. The lowest BCUT2D eigenvalue weighted by Gasteiger charge is -2.14. The molecule has 0 saturated heterocycles. The van der Waals surface area contributed by atoms with Crippen molar-refractivity contribution in [1.29, 1.82) is 0 Å². The van der Waals surface area contributed by atoms with Gasteiger partial charge in [0, 0.05) is 11.1 Å². The van der Waals surface area contributed by atoms with Crippen molar-refractivity contribution in [2.75, 3.05) is 5.32 Å². The minimum absolute atomic E-state index is 0.106. The SMILES string of the molecule is C[C@H](OC(=O)Cc1ccccc1Cl)C(=O)Nc1cc(F)ccc1F. The molecule has 1 atom stereocenters. The number of rotatable bonds is 5. The minimum atomic E-state index is -1.18. The van der Waals surface area contributed by atoms with Crippen molar-refractivity contribution in [3.8, 4) is 0 Å². The average molecular weight is 354 g/mol. The smallest absolute Gasteiger partial charge is 0.311 e. The van der Waals surface area contributed by atoms with Crippen molar-refractivity contribution in [3.05, 3.63) is 64.7 Å². The van der Waals surface area contributed by atoms with E-state index in [9.17, 15) is 18.4 Å². The molecule has 0 radical (unpaired) electrons. The Hall–Kier alpha value is -2.47. The van der Waals surface area contributed by atoms with Crippen molar-refractivity contribution >= 4 is 29.2 Å². The molecule has 2 aromatic rings. The zero-order chi connectivity index (χ0) is 17.7. The van der Waals surface area contributed by atoms with Gasteiger partial charge in [-0.25, -0.2) is 8.78 Å². The van der Waals surface area contributed by atoms with Crippen LogP contribution in [-0.2, 0) is 20.7 Å². The summed E-state index contributed by atoms with van der Waals surface area (Å²) in [4.78, 5) is 23.8. The number of carbonyl (C=O) groups is 2. The van der Waals surface area contributed by atoms with Gasteiger partial charge >= 0.3 is 5.97 Å². The van der Waals surface area contributed by atoms with Crippen LogP contribution in [0.25, 0.3) is 0 Å². The number of anilines is 1.